The molecule has 13 heteroatoms. The molecule has 0 N–H and O–H groups in total. The van der Waals surface area contributed by atoms with E-state index in [2.05, 4.69) is 13.2 Å². The fourth-order valence-corrected chi connectivity index (χ4v) is 8.10. The molecule has 0 heterocycles. The number of carbonyl (C=O) groups excluding carboxylic acids is 5. The van der Waals surface area contributed by atoms with Gasteiger partial charge in [-0.3, -0.25) is 14.4 Å². The zero-order chi connectivity index (χ0) is 42.5. The van der Waals surface area contributed by atoms with Crippen LogP contribution >= 0.6 is 0 Å². The molecule has 3 unspecified atom stereocenters. The number of hydrogen-bond acceptors (Lipinski definition) is 13. The van der Waals surface area contributed by atoms with Gasteiger partial charge in [0.2, 0.25) is 0 Å². The Balaban J connectivity index is 1.41. The average Bonchev–Trinajstić information content (AvgIpc) is 3.25. The summed E-state index contributed by atoms with van der Waals surface area (Å²) in [5.41, 5.74) is 0. The third-order valence-corrected chi connectivity index (χ3v) is 11.7. The Kier molecular flexibility index (Phi) is 26.0. The van der Waals surface area contributed by atoms with Crippen LogP contribution in [0.2, 0.25) is 0 Å². The van der Waals surface area contributed by atoms with Gasteiger partial charge < -0.3 is 37.9 Å². The second kappa shape index (κ2) is 30.7. The minimum Gasteiger partial charge on any atom is -0.465 e. The maximum Gasteiger partial charge on any atom is 0.330 e. The number of esters is 5. The van der Waals surface area contributed by atoms with Gasteiger partial charge in [0.25, 0.3) is 0 Å². The van der Waals surface area contributed by atoms with Crippen LogP contribution in [-0.4, -0.2) is 101 Å². The molecule has 13 nitrogen and oxygen atoms in total. The Labute approximate surface area is 352 Å². The summed E-state index contributed by atoms with van der Waals surface area (Å²) in [4.78, 5) is 62.7. The van der Waals surface area contributed by atoms with E-state index in [4.69, 9.17) is 37.9 Å². The van der Waals surface area contributed by atoms with Crippen LogP contribution in [0, 0.1) is 17.8 Å². The fraction of sp³-hybridized carbons (Fsp3) is 0.804. The summed E-state index contributed by atoms with van der Waals surface area (Å²) in [5, 5.41) is 0. The lowest BCUT2D eigenvalue weighted by molar-refractivity contribution is -0.177. The molecule has 3 saturated carbocycles. The zero-order valence-electron chi connectivity index (χ0n) is 35.9. The molecule has 0 aliphatic heterocycles. The van der Waals surface area contributed by atoms with Crippen molar-refractivity contribution in [2.75, 3.05) is 46.8 Å². The minimum atomic E-state index is -0.723. The van der Waals surface area contributed by atoms with Crippen molar-refractivity contribution in [3.8, 4) is 0 Å². The lowest BCUT2D eigenvalue weighted by atomic mass is 9.83. The van der Waals surface area contributed by atoms with Crippen LogP contribution in [0.25, 0.3) is 0 Å². The Bertz CT molecular complexity index is 1240. The first-order valence-electron chi connectivity index (χ1n) is 22.6. The molecule has 0 bridgehead atoms. The van der Waals surface area contributed by atoms with Crippen molar-refractivity contribution >= 4 is 29.8 Å². The molecule has 336 valence electrons. The third-order valence-electron chi connectivity index (χ3n) is 11.7. The number of methoxy groups -OCH3 is 1. The van der Waals surface area contributed by atoms with Crippen molar-refractivity contribution in [2.45, 2.75) is 172 Å². The number of ether oxygens (including phenoxy) is 8. The van der Waals surface area contributed by atoms with Gasteiger partial charge >= 0.3 is 29.8 Å². The predicted molar refractivity (Wildman–Crippen MR) is 221 cm³/mol. The molecule has 3 fully saturated rings. The van der Waals surface area contributed by atoms with Gasteiger partial charge in [-0.15, -0.1) is 0 Å². The van der Waals surface area contributed by atoms with Crippen LogP contribution < -0.4 is 0 Å². The first kappa shape index (κ1) is 50.1. The van der Waals surface area contributed by atoms with E-state index in [-0.39, 0.29) is 49.0 Å². The molecular weight excluding hydrogens is 760 g/mol. The van der Waals surface area contributed by atoms with Crippen molar-refractivity contribution in [1.82, 2.24) is 0 Å². The van der Waals surface area contributed by atoms with E-state index in [0.717, 1.165) is 109 Å². The van der Waals surface area contributed by atoms with Gasteiger partial charge in [-0.05, 0) is 122 Å². The minimum absolute atomic E-state index is 0.121. The zero-order valence-corrected chi connectivity index (χ0v) is 35.9. The molecule has 3 aliphatic carbocycles. The highest BCUT2D eigenvalue weighted by atomic mass is 16.6. The molecule has 0 saturated heterocycles. The first-order valence-corrected chi connectivity index (χ1v) is 22.6. The maximum atomic E-state index is 13.6. The van der Waals surface area contributed by atoms with E-state index in [1.54, 1.807) is 7.11 Å². The molecule has 0 spiro atoms. The van der Waals surface area contributed by atoms with E-state index in [0.29, 0.717) is 71.2 Å². The summed E-state index contributed by atoms with van der Waals surface area (Å²) in [6.07, 6.45) is 19.6. The van der Waals surface area contributed by atoms with Gasteiger partial charge in [0, 0.05) is 45.5 Å². The van der Waals surface area contributed by atoms with Gasteiger partial charge in [-0.2, -0.15) is 0 Å². The van der Waals surface area contributed by atoms with Crippen molar-refractivity contribution in [3.63, 3.8) is 0 Å². The van der Waals surface area contributed by atoms with Crippen LogP contribution in [0.3, 0.4) is 0 Å². The Hall–Kier alpha value is -3.29. The Morgan fingerprint density at radius 2 is 0.864 bits per heavy atom. The summed E-state index contributed by atoms with van der Waals surface area (Å²) >= 11 is 0. The van der Waals surface area contributed by atoms with Gasteiger partial charge in [0.1, 0.15) is 12.2 Å². The van der Waals surface area contributed by atoms with E-state index in [9.17, 15) is 24.0 Å². The first-order chi connectivity index (χ1) is 28.7. The molecule has 3 aliphatic rings. The quantitative estimate of drug-likeness (QED) is 0.0296. The second-order valence-electron chi connectivity index (χ2n) is 16.3. The van der Waals surface area contributed by atoms with E-state index in [1.807, 2.05) is 0 Å². The highest BCUT2D eigenvalue weighted by Gasteiger charge is 2.42. The van der Waals surface area contributed by atoms with Crippen LogP contribution in [0.5, 0.6) is 0 Å². The molecule has 3 atom stereocenters. The van der Waals surface area contributed by atoms with Gasteiger partial charge in [-0.25, -0.2) is 9.59 Å². The monoisotopic (exact) mass is 835 g/mol. The second-order valence-corrected chi connectivity index (χ2v) is 16.3. The standard InChI is InChI=1S/C46H74O13/c1-4-42(47)55-31-15-9-8-14-30-54-37-22-18-35(19-23-37)44(49)58-39-26-27-41(40(34-39)46(51)57-33-17-11-10-16-32-56-43(48)5-2)59-45(50)36-20-24-38(25-21-36)53-29-13-7-6-12-28-52-3/h4-5,35-41H,1-2,6-34H2,3H3. The molecule has 0 aromatic heterocycles. The van der Waals surface area contributed by atoms with Crippen molar-refractivity contribution < 1.29 is 61.9 Å². The lowest BCUT2D eigenvalue weighted by Gasteiger charge is -2.36. The van der Waals surface area contributed by atoms with Gasteiger partial charge in [0.15, 0.2) is 0 Å². The normalized spacial score (nSPS) is 24.3. The molecule has 0 amide bonds. The van der Waals surface area contributed by atoms with Crippen LogP contribution in [0.4, 0.5) is 0 Å². The summed E-state index contributed by atoms with van der Waals surface area (Å²) < 4.78 is 45.2. The summed E-state index contributed by atoms with van der Waals surface area (Å²) in [6, 6.07) is 0. The number of unbranched alkanes of at least 4 members (excludes halogenated alkanes) is 9. The number of hydrogen-bond donors (Lipinski definition) is 0. The van der Waals surface area contributed by atoms with Crippen molar-refractivity contribution in [1.29, 1.82) is 0 Å². The molecule has 59 heavy (non-hydrogen) atoms. The topological polar surface area (TPSA) is 159 Å². The van der Waals surface area contributed by atoms with E-state index < -0.39 is 36.0 Å². The molecule has 0 aromatic rings. The molecule has 3 rings (SSSR count). The van der Waals surface area contributed by atoms with Crippen molar-refractivity contribution in [2.24, 2.45) is 17.8 Å². The summed E-state index contributed by atoms with van der Waals surface area (Å²) in [5.74, 6) is -2.95. The summed E-state index contributed by atoms with van der Waals surface area (Å²) in [7, 11) is 1.72. The molecule has 0 radical (unpaired) electrons. The largest absolute Gasteiger partial charge is 0.465 e. The highest BCUT2D eigenvalue weighted by Crippen LogP contribution is 2.35. The Morgan fingerprint density at radius 3 is 1.32 bits per heavy atom. The smallest absolute Gasteiger partial charge is 0.330 e. The average molecular weight is 835 g/mol. The van der Waals surface area contributed by atoms with Crippen molar-refractivity contribution in [3.05, 3.63) is 25.3 Å². The van der Waals surface area contributed by atoms with E-state index in [1.165, 1.54) is 6.08 Å². The SMILES string of the molecule is C=CC(=O)OCCCCCCOC(=O)C1CC(OC(=O)C2CCC(OCCCCCCOC(=O)C=C)CC2)CCC1OC(=O)C1CCC(OCCCCCCOC)CC1. The Morgan fingerprint density at radius 1 is 0.458 bits per heavy atom. The molecule has 0 aromatic carbocycles. The summed E-state index contributed by atoms with van der Waals surface area (Å²) in [6.45, 7) is 9.91. The molecular formula is C46H74O13. The van der Waals surface area contributed by atoms with Crippen LogP contribution in [0.15, 0.2) is 25.3 Å². The number of rotatable bonds is 30. The third kappa shape index (κ3) is 21.2. The van der Waals surface area contributed by atoms with Gasteiger partial charge in [0.05, 0.1) is 49.8 Å². The van der Waals surface area contributed by atoms with Crippen LogP contribution in [0.1, 0.15) is 148 Å². The number of carbonyl (C=O) groups is 5. The highest BCUT2D eigenvalue weighted by molar-refractivity contribution is 5.81. The van der Waals surface area contributed by atoms with Crippen LogP contribution in [-0.2, 0) is 61.9 Å². The fourth-order valence-electron chi connectivity index (χ4n) is 8.10. The predicted octanol–water partition coefficient (Wildman–Crippen LogP) is 8.09. The lowest BCUT2D eigenvalue weighted by Crippen LogP contribution is -2.43. The maximum absolute atomic E-state index is 13.6. The van der Waals surface area contributed by atoms with E-state index >= 15 is 0 Å². The van der Waals surface area contributed by atoms with Gasteiger partial charge in [-0.1, -0.05) is 32.4 Å².